The third kappa shape index (κ3) is 2.99. The maximum absolute atomic E-state index is 11.6. The summed E-state index contributed by atoms with van der Waals surface area (Å²) in [4.78, 5) is 22.8. The molecule has 0 aliphatic carbocycles. The van der Waals surface area contributed by atoms with Crippen LogP contribution in [-0.4, -0.2) is 20.9 Å². The molecule has 1 amide bonds. The van der Waals surface area contributed by atoms with Crippen molar-refractivity contribution in [3.05, 3.63) is 85.8 Å². The van der Waals surface area contributed by atoms with Gasteiger partial charge in [-0.2, -0.15) is 0 Å². The summed E-state index contributed by atoms with van der Waals surface area (Å²) in [5.41, 5.74) is 6.84. The molecule has 0 aliphatic heterocycles. The lowest BCUT2D eigenvalue weighted by Gasteiger charge is -2.07. The van der Waals surface area contributed by atoms with Crippen LogP contribution in [-0.2, 0) is 4.79 Å². The van der Waals surface area contributed by atoms with Crippen molar-refractivity contribution in [1.29, 1.82) is 0 Å². The minimum Gasteiger partial charge on any atom is -0.361 e. The standard InChI is InChI=1S/C24H18N4O/c1-2-22(29)28-18-7-3-6-16(11-18)17-12-20-21(14-27-24(20)26-13-17)19-8-4-5-15-9-10-25-23(15)19/h2-14,25H,1H2,(H,26,27)(H,28,29). The molecule has 0 saturated carbocycles. The van der Waals surface area contributed by atoms with Crippen LogP contribution in [0.2, 0.25) is 0 Å². The Balaban J connectivity index is 1.62. The number of aromatic amines is 2. The van der Waals surface area contributed by atoms with Crippen LogP contribution in [0.15, 0.2) is 85.8 Å². The smallest absolute Gasteiger partial charge is 0.247 e. The molecule has 29 heavy (non-hydrogen) atoms. The van der Waals surface area contributed by atoms with Crippen molar-refractivity contribution >= 4 is 33.5 Å². The predicted molar refractivity (Wildman–Crippen MR) is 118 cm³/mol. The van der Waals surface area contributed by atoms with Gasteiger partial charge in [-0.3, -0.25) is 4.79 Å². The molecule has 2 aromatic carbocycles. The van der Waals surface area contributed by atoms with Crippen LogP contribution in [0.1, 0.15) is 0 Å². The molecule has 0 saturated heterocycles. The van der Waals surface area contributed by atoms with Crippen LogP contribution in [0, 0.1) is 0 Å². The molecule has 0 radical (unpaired) electrons. The van der Waals surface area contributed by atoms with Gasteiger partial charge in [0.05, 0.1) is 5.52 Å². The molecule has 5 heteroatoms. The molecule has 0 bridgehead atoms. The average molecular weight is 378 g/mol. The van der Waals surface area contributed by atoms with Gasteiger partial charge in [-0.1, -0.05) is 36.9 Å². The summed E-state index contributed by atoms with van der Waals surface area (Å²) in [7, 11) is 0. The molecule has 5 aromatic rings. The number of hydrogen-bond donors (Lipinski definition) is 3. The van der Waals surface area contributed by atoms with Gasteiger partial charge in [-0.05, 0) is 41.3 Å². The highest BCUT2D eigenvalue weighted by molar-refractivity contribution is 6.04. The van der Waals surface area contributed by atoms with Crippen LogP contribution in [0.3, 0.4) is 0 Å². The van der Waals surface area contributed by atoms with Gasteiger partial charge in [-0.25, -0.2) is 4.98 Å². The van der Waals surface area contributed by atoms with Gasteiger partial charge in [0.1, 0.15) is 5.65 Å². The second-order valence-electron chi connectivity index (χ2n) is 6.84. The van der Waals surface area contributed by atoms with E-state index in [1.807, 2.05) is 42.9 Å². The van der Waals surface area contributed by atoms with Gasteiger partial charge in [0.25, 0.3) is 0 Å². The van der Waals surface area contributed by atoms with E-state index < -0.39 is 0 Å². The number of para-hydroxylation sites is 1. The van der Waals surface area contributed by atoms with Gasteiger partial charge in [0.15, 0.2) is 0 Å². The number of nitrogens with zero attached hydrogens (tertiary/aromatic N) is 1. The van der Waals surface area contributed by atoms with Crippen molar-refractivity contribution in [2.24, 2.45) is 0 Å². The van der Waals surface area contributed by atoms with Crippen LogP contribution in [0.4, 0.5) is 5.69 Å². The van der Waals surface area contributed by atoms with Crippen molar-refractivity contribution in [3.63, 3.8) is 0 Å². The molecule has 3 heterocycles. The number of anilines is 1. The Kier molecular flexibility index (Phi) is 3.99. The van der Waals surface area contributed by atoms with E-state index in [9.17, 15) is 4.79 Å². The zero-order valence-corrected chi connectivity index (χ0v) is 15.6. The summed E-state index contributed by atoms with van der Waals surface area (Å²) < 4.78 is 0. The van der Waals surface area contributed by atoms with Gasteiger partial charge in [-0.15, -0.1) is 0 Å². The Bertz CT molecular complexity index is 1380. The first-order valence-corrected chi connectivity index (χ1v) is 9.30. The third-order valence-corrected chi connectivity index (χ3v) is 5.06. The highest BCUT2D eigenvalue weighted by atomic mass is 16.1. The summed E-state index contributed by atoms with van der Waals surface area (Å²) in [5, 5.41) is 5.02. The first-order chi connectivity index (χ1) is 14.2. The fourth-order valence-corrected chi connectivity index (χ4v) is 3.66. The molecule has 0 fully saturated rings. The topological polar surface area (TPSA) is 73.6 Å². The maximum Gasteiger partial charge on any atom is 0.247 e. The first kappa shape index (κ1) is 17.0. The highest BCUT2D eigenvalue weighted by Gasteiger charge is 2.12. The molecule has 140 valence electrons. The van der Waals surface area contributed by atoms with Crippen LogP contribution in [0.25, 0.3) is 44.2 Å². The van der Waals surface area contributed by atoms with E-state index in [2.05, 4.69) is 57.2 Å². The Morgan fingerprint density at radius 3 is 2.79 bits per heavy atom. The third-order valence-electron chi connectivity index (χ3n) is 5.06. The van der Waals surface area contributed by atoms with Crippen LogP contribution >= 0.6 is 0 Å². The van der Waals surface area contributed by atoms with E-state index in [1.165, 1.54) is 11.5 Å². The lowest BCUT2D eigenvalue weighted by Crippen LogP contribution is -2.06. The Morgan fingerprint density at radius 1 is 1.00 bits per heavy atom. The van der Waals surface area contributed by atoms with Crippen LogP contribution < -0.4 is 5.32 Å². The minimum atomic E-state index is -0.234. The van der Waals surface area contributed by atoms with Gasteiger partial charge in [0, 0.05) is 46.4 Å². The van der Waals surface area contributed by atoms with Crippen molar-refractivity contribution in [3.8, 4) is 22.3 Å². The summed E-state index contributed by atoms with van der Waals surface area (Å²) in [6.45, 7) is 3.49. The summed E-state index contributed by atoms with van der Waals surface area (Å²) in [6.07, 6.45) is 7.05. The molecule has 3 N–H and O–H groups in total. The molecule has 3 aromatic heterocycles. The van der Waals surface area contributed by atoms with Crippen molar-refractivity contribution in [2.45, 2.75) is 0 Å². The normalized spacial score (nSPS) is 11.0. The number of rotatable bonds is 4. The Labute approximate surface area is 167 Å². The number of pyridine rings is 1. The summed E-state index contributed by atoms with van der Waals surface area (Å²) >= 11 is 0. The van der Waals surface area contributed by atoms with Gasteiger partial charge < -0.3 is 15.3 Å². The van der Waals surface area contributed by atoms with Crippen molar-refractivity contribution < 1.29 is 4.79 Å². The molecule has 0 aliphatic rings. The number of benzene rings is 2. The molecular formula is C24H18N4O. The van der Waals surface area contributed by atoms with E-state index in [1.54, 1.807) is 0 Å². The number of amides is 1. The molecule has 5 rings (SSSR count). The summed E-state index contributed by atoms with van der Waals surface area (Å²) in [5.74, 6) is -0.234. The summed E-state index contributed by atoms with van der Waals surface area (Å²) in [6, 6.07) is 18.2. The number of fused-ring (bicyclic) bond motifs is 2. The number of carbonyl (C=O) groups excluding carboxylic acids is 1. The lowest BCUT2D eigenvalue weighted by atomic mass is 10.0. The van der Waals surface area contributed by atoms with Crippen LogP contribution in [0.5, 0.6) is 0 Å². The minimum absolute atomic E-state index is 0.234. The highest BCUT2D eigenvalue weighted by Crippen LogP contribution is 2.34. The van der Waals surface area contributed by atoms with E-state index in [4.69, 9.17) is 0 Å². The zero-order valence-electron chi connectivity index (χ0n) is 15.6. The monoisotopic (exact) mass is 378 g/mol. The number of hydrogen-bond acceptors (Lipinski definition) is 2. The van der Waals surface area contributed by atoms with Gasteiger partial charge >= 0.3 is 0 Å². The number of aromatic nitrogens is 3. The predicted octanol–water partition coefficient (Wildman–Crippen LogP) is 5.50. The molecule has 5 nitrogen and oxygen atoms in total. The second kappa shape index (κ2) is 6.80. The van der Waals surface area contributed by atoms with E-state index in [-0.39, 0.29) is 5.91 Å². The fourth-order valence-electron chi connectivity index (χ4n) is 3.66. The van der Waals surface area contributed by atoms with E-state index in [0.29, 0.717) is 0 Å². The van der Waals surface area contributed by atoms with E-state index in [0.717, 1.165) is 44.5 Å². The van der Waals surface area contributed by atoms with Crippen molar-refractivity contribution in [1.82, 2.24) is 15.0 Å². The number of H-pyrrole nitrogens is 2. The number of nitrogens with one attached hydrogen (secondary N) is 3. The second-order valence-corrected chi connectivity index (χ2v) is 6.84. The lowest BCUT2D eigenvalue weighted by molar-refractivity contribution is -0.111. The van der Waals surface area contributed by atoms with Crippen molar-refractivity contribution in [2.75, 3.05) is 5.32 Å². The zero-order chi connectivity index (χ0) is 19.8. The Morgan fingerprint density at radius 2 is 1.90 bits per heavy atom. The molecular weight excluding hydrogens is 360 g/mol. The molecule has 0 spiro atoms. The van der Waals surface area contributed by atoms with Gasteiger partial charge in [0.2, 0.25) is 5.91 Å². The SMILES string of the molecule is C=CC(=O)Nc1cccc(-c2cnc3[nH]cc(-c4cccc5cc[nH]c45)c3c2)c1. The quantitative estimate of drug-likeness (QED) is 0.361. The molecule has 0 unspecified atom stereocenters. The maximum atomic E-state index is 11.6. The largest absolute Gasteiger partial charge is 0.361 e. The van der Waals surface area contributed by atoms with E-state index >= 15 is 0 Å². The number of carbonyl (C=O) groups is 1. The average Bonchev–Trinajstić information content (AvgIpc) is 3.40. The first-order valence-electron chi connectivity index (χ1n) is 9.30. The fraction of sp³-hybridized carbons (Fsp3) is 0. The Hall–Kier alpha value is -4.12. The molecule has 0 atom stereocenters.